The van der Waals surface area contributed by atoms with Gasteiger partial charge in [0.25, 0.3) is 0 Å². The zero-order valence-electron chi connectivity index (χ0n) is 8.98. The number of nitrogens with zero attached hydrogens (tertiary/aromatic N) is 1. The highest BCUT2D eigenvalue weighted by molar-refractivity contribution is 5.61. The molecule has 1 aliphatic rings. The van der Waals surface area contributed by atoms with E-state index >= 15 is 0 Å². The maximum atomic E-state index is 13.6. The van der Waals surface area contributed by atoms with Gasteiger partial charge >= 0.3 is 0 Å². The zero-order chi connectivity index (χ0) is 10.8. The zero-order valence-corrected chi connectivity index (χ0v) is 8.98. The number of halogens is 1. The van der Waals surface area contributed by atoms with Gasteiger partial charge in [0, 0.05) is 7.05 Å². The van der Waals surface area contributed by atoms with Crippen molar-refractivity contribution >= 4 is 5.69 Å². The van der Waals surface area contributed by atoms with E-state index in [2.05, 4.69) is 0 Å². The number of fused-ring (bicyclic) bond motifs is 1. The molecule has 0 bridgehead atoms. The van der Waals surface area contributed by atoms with Crippen LogP contribution in [0.5, 0.6) is 5.75 Å². The summed E-state index contributed by atoms with van der Waals surface area (Å²) in [5.41, 5.74) is 0.945. The van der Waals surface area contributed by atoms with Gasteiger partial charge in [-0.25, -0.2) is 4.39 Å². The number of benzene rings is 1. The van der Waals surface area contributed by atoms with Crippen LogP contribution in [-0.4, -0.2) is 19.3 Å². The third kappa shape index (κ3) is 1.78. The third-order valence-corrected chi connectivity index (χ3v) is 2.79. The molecule has 2 unspecified atom stereocenters. The minimum absolute atomic E-state index is 0.287. The summed E-state index contributed by atoms with van der Waals surface area (Å²) < 4.78 is 19.0. The lowest BCUT2D eigenvalue weighted by atomic mass is 10.1. The number of para-hydroxylation sites is 2. The molecule has 81 valence electrons. The smallest absolute Gasteiger partial charge is 0.161 e. The van der Waals surface area contributed by atoms with Crippen LogP contribution in [0, 0.1) is 6.61 Å². The summed E-state index contributed by atoms with van der Waals surface area (Å²) in [6.45, 7) is 3.42. The number of alkyl halides is 1. The molecule has 0 amide bonds. The Hall–Kier alpha value is -1.25. The van der Waals surface area contributed by atoms with Crippen LogP contribution < -0.4 is 9.64 Å². The minimum Gasteiger partial charge on any atom is -0.482 e. The molecule has 0 spiro atoms. The van der Waals surface area contributed by atoms with Crippen LogP contribution in [0.3, 0.4) is 0 Å². The molecular formula is C12H15FNO. The van der Waals surface area contributed by atoms with Crippen molar-refractivity contribution in [3.05, 3.63) is 30.9 Å². The first-order valence-corrected chi connectivity index (χ1v) is 5.20. The summed E-state index contributed by atoms with van der Waals surface area (Å²) >= 11 is 0. The fourth-order valence-corrected chi connectivity index (χ4v) is 1.81. The molecule has 1 aromatic carbocycles. The van der Waals surface area contributed by atoms with Gasteiger partial charge in [-0.05, 0) is 18.6 Å². The van der Waals surface area contributed by atoms with Gasteiger partial charge in [0.15, 0.2) is 6.61 Å². The summed E-state index contributed by atoms with van der Waals surface area (Å²) in [7, 11) is 1.89. The predicted molar refractivity (Wildman–Crippen MR) is 58.7 cm³/mol. The fourth-order valence-electron chi connectivity index (χ4n) is 1.81. The number of anilines is 1. The summed E-state index contributed by atoms with van der Waals surface area (Å²) in [6, 6.07) is 7.38. The first-order valence-electron chi connectivity index (χ1n) is 5.20. The van der Waals surface area contributed by atoms with E-state index in [-0.39, 0.29) is 6.04 Å². The Labute approximate surface area is 89.7 Å². The second-order valence-corrected chi connectivity index (χ2v) is 3.75. The highest BCUT2D eigenvalue weighted by Crippen LogP contribution is 2.35. The Morgan fingerprint density at radius 2 is 2.20 bits per heavy atom. The van der Waals surface area contributed by atoms with E-state index in [1.54, 1.807) is 6.61 Å². The summed E-state index contributed by atoms with van der Waals surface area (Å²) in [6.07, 6.45) is -0.389. The van der Waals surface area contributed by atoms with Gasteiger partial charge < -0.3 is 9.64 Å². The summed E-state index contributed by atoms with van der Waals surface area (Å²) in [5.74, 6) is 0.791. The van der Waals surface area contributed by atoms with E-state index in [1.807, 2.05) is 43.1 Å². The SMILES string of the molecule is CCC(F)C1[CH]Oc2ccccc2N1C. The number of hydrogen-bond acceptors (Lipinski definition) is 2. The average Bonchev–Trinajstić information content (AvgIpc) is 2.29. The molecule has 3 heteroatoms. The first-order chi connectivity index (χ1) is 7.24. The Morgan fingerprint density at radius 3 is 2.93 bits per heavy atom. The molecule has 1 aliphatic heterocycles. The van der Waals surface area contributed by atoms with Crippen LogP contribution in [0.1, 0.15) is 13.3 Å². The van der Waals surface area contributed by atoms with Crippen LogP contribution in [0.2, 0.25) is 0 Å². The van der Waals surface area contributed by atoms with Crippen LogP contribution in [0.15, 0.2) is 24.3 Å². The molecular weight excluding hydrogens is 193 g/mol. The van der Waals surface area contributed by atoms with E-state index in [0.717, 1.165) is 11.4 Å². The highest BCUT2D eigenvalue weighted by atomic mass is 19.1. The molecule has 0 aliphatic carbocycles. The second-order valence-electron chi connectivity index (χ2n) is 3.75. The largest absolute Gasteiger partial charge is 0.482 e. The maximum absolute atomic E-state index is 13.6. The third-order valence-electron chi connectivity index (χ3n) is 2.79. The van der Waals surface area contributed by atoms with Gasteiger partial charge in [-0.3, -0.25) is 0 Å². The molecule has 1 aromatic rings. The Kier molecular flexibility index (Phi) is 2.80. The van der Waals surface area contributed by atoms with E-state index in [1.165, 1.54) is 0 Å². The van der Waals surface area contributed by atoms with Gasteiger partial charge in [-0.2, -0.15) is 0 Å². The molecule has 0 saturated carbocycles. The van der Waals surface area contributed by atoms with E-state index in [0.29, 0.717) is 6.42 Å². The number of rotatable bonds is 2. The molecule has 2 atom stereocenters. The van der Waals surface area contributed by atoms with Crippen molar-refractivity contribution in [1.29, 1.82) is 0 Å². The van der Waals surface area contributed by atoms with Gasteiger partial charge in [0.05, 0.1) is 5.69 Å². The summed E-state index contributed by atoms with van der Waals surface area (Å²) in [5, 5.41) is 0. The van der Waals surface area contributed by atoms with Crippen LogP contribution >= 0.6 is 0 Å². The average molecular weight is 208 g/mol. The van der Waals surface area contributed by atoms with Crippen molar-refractivity contribution in [2.75, 3.05) is 11.9 Å². The molecule has 0 fully saturated rings. The van der Waals surface area contributed by atoms with Crippen molar-refractivity contribution in [1.82, 2.24) is 0 Å². The number of likely N-dealkylation sites (N-methyl/N-ethyl adjacent to an activating group) is 1. The lowest BCUT2D eigenvalue weighted by molar-refractivity contribution is 0.227. The van der Waals surface area contributed by atoms with Crippen LogP contribution in [0.25, 0.3) is 0 Å². The Bertz CT molecular complexity index is 342. The topological polar surface area (TPSA) is 12.5 Å². The molecule has 1 heterocycles. The molecule has 0 saturated heterocycles. The van der Waals surface area contributed by atoms with Crippen LogP contribution in [-0.2, 0) is 0 Å². The molecule has 1 radical (unpaired) electrons. The fraction of sp³-hybridized carbons (Fsp3) is 0.417. The summed E-state index contributed by atoms with van der Waals surface area (Å²) in [4.78, 5) is 1.92. The van der Waals surface area contributed by atoms with Gasteiger partial charge in [-0.15, -0.1) is 0 Å². The van der Waals surface area contributed by atoms with Gasteiger partial charge in [0.1, 0.15) is 18.0 Å². The highest BCUT2D eigenvalue weighted by Gasteiger charge is 2.30. The molecule has 2 rings (SSSR count). The van der Waals surface area contributed by atoms with Crippen molar-refractivity contribution in [2.45, 2.75) is 25.6 Å². The van der Waals surface area contributed by atoms with Crippen molar-refractivity contribution in [3.63, 3.8) is 0 Å². The maximum Gasteiger partial charge on any atom is 0.161 e. The van der Waals surface area contributed by atoms with E-state index < -0.39 is 6.17 Å². The monoisotopic (exact) mass is 208 g/mol. The molecule has 0 N–H and O–H groups in total. The van der Waals surface area contributed by atoms with Gasteiger partial charge in [-0.1, -0.05) is 19.1 Å². The molecule has 0 aromatic heterocycles. The predicted octanol–water partition coefficient (Wildman–Crippen LogP) is 2.79. The second kappa shape index (κ2) is 4.09. The Balaban J connectivity index is 2.25. The van der Waals surface area contributed by atoms with E-state index in [4.69, 9.17) is 4.74 Å². The van der Waals surface area contributed by atoms with E-state index in [9.17, 15) is 4.39 Å². The Morgan fingerprint density at radius 1 is 1.47 bits per heavy atom. The standard InChI is InChI=1S/C12H15FNO/c1-3-9(13)11-8-15-12-7-5-4-6-10(12)14(11)2/h4-9,11H,3H2,1-2H3. The first kappa shape index (κ1) is 10.3. The quantitative estimate of drug-likeness (QED) is 0.741. The number of hydrogen-bond donors (Lipinski definition) is 0. The van der Waals surface area contributed by atoms with Crippen LogP contribution in [0.4, 0.5) is 10.1 Å². The number of ether oxygens (including phenoxy) is 1. The van der Waals surface area contributed by atoms with Gasteiger partial charge in [0.2, 0.25) is 0 Å². The molecule has 2 nitrogen and oxygen atoms in total. The van der Waals surface area contributed by atoms with Crippen molar-refractivity contribution < 1.29 is 9.13 Å². The lowest BCUT2D eigenvalue weighted by Crippen LogP contribution is -2.43. The normalized spacial score (nSPS) is 21.8. The van der Waals surface area contributed by atoms with Crippen molar-refractivity contribution in [3.8, 4) is 5.75 Å². The van der Waals surface area contributed by atoms with Crippen molar-refractivity contribution in [2.24, 2.45) is 0 Å². The lowest BCUT2D eigenvalue weighted by Gasteiger charge is -2.36. The minimum atomic E-state index is -0.886. The molecule has 15 heavy (non-hydrogen) atoms.